The third-order valence-corrected chi connectivity index (χ3v) is 4.18. The summed E-state index contributed by atoms with van der Waals surface area (Å²) in [5.74, 6) is 0.934. The lowest BCUT2D eigenvalue weighted by Gasteiger charge is -2.23. The lowest BCUT2D eigenvalue weighted by molar-refractivity contribution is 0.0509. The normalized spacial score (nSPS) is 13.3. The van der Waals surface area contributed by atoms with Gasteiger partial charge in [0.25, 0.3) is 5.91 Å². The van der Waals surface area contributed by atoms with Crippen molar-refractivity contribution in [1.82, 2.24) is 5.32 Å². The van der Waals surface area contributed by atoms with E-state index < -0.39 is 5.60 Å². The van der Waals surface area contributed by atoms with Gasteiger partial charge in [0.2, 0.25) is 0 Å². The zero-order valence-electron chi connectivity index (χ0n) is 15.0. The molecule has 26 heavy (non-hydrogen) atoms. The Labute approximate surface area is 152 Å². The van der Waals surface area contributed by atoms with Crippen molar-refractivity contribution in [3.63, 3.8) is 0 Å². The van der Waals surface area contributed by atoms with Crippen LogP contribution in [0.3, 0.4) is 0 Å². The molecule has 0 spiro atoms. The molecule has 1 aromatic heterocycles. The molecule has 0 radical (unpaired) electrons. The molecule has 1 atom stereocenters. The lowest BCUT2D eigenvalue weighted by atomic mass is 9.99. The standard InChI is InChI=1S/C21H23NO4/c1-3-25-18-11-10-15-7-4-5-9-17(15)19(18)20(23)22-14-21(2,24)13-16-8-6-12-26-16/h4-12,24H,3,13-14H2,1-2H3,(H,22,23)/t21-/m0/s1. The Morgan fingerprint density at radius 1 is 1.19 bits per heavy atom. The summed E-state index contributed by atoms with van der Waals surface area (Å²) in [6.45, 7) is 4.11. The summed E-state index contributed by atoms with van der Waals surface area (Å²) in [6, 6.07) is 15.0. The van der Waals surface area contributed by atoms with Crippen molar-refractivity contribution < 1.29 is 19.1 Å². The summed E-state index contributed by atoms with van der Waals surface area (Å²) in [7, 11) is 0. The van der Waals surface area contributed by atoms with E-state index in [1.807, 2.05) is 43.3 Å². The summed E-state index contributed by atoms with van der Waals surface area (Å²) in [5, 5.41) is 15.2. The molecule has 3 rings (SSSR count). The Bertz CT molecular complexity index is 884. The first kappa shape index (κ1) is 18.0. The van der Waals surface area contributed by atoms with Gasteiger partial charge < -0.3 is 19.6 Å². The fraction of sp³-hybridized carbons (Fsp3) is 0.286. The van der Waals surface area contributed by atoms with Gasteiger partial charge in [-0.2, -0.15) is 0 Å². The highest BCUT2D eigenvalue weighted by Crippen LogP contribution is 2.28. The number of aliphatic hydroxyl groups is 1. The number of furan rings is 1. The SMILES string of the molecule is CCOc1ccc2ccccc2c1C(=O)NC[C@@](C)(O)Cc1ccco1. The number of hydrogen-bond acceptors (Lipinski definition) is 4. The van der Waals surface area contributed by atoms with Crippen LogP contribution in [0.2, 0.25) is 0 Å². The van der Waals surface area contributed by atoms with Crippen LogP contribution in [-0.2, 0) is 6.42 Å². The Morgan fingerprint density at radius 2 is 2.00 bits per heavy atom. The summed E-state index contributed by atoms with van der Waals surface area (Å²) in [4.78, 5) is 12.9. The maximum atomic E-state index is 12.9. The number of ether oxygens (including phenoxy) is 1. The molecule has 5 nitrogen and oxygen atoms in total. The van der Waals surface area contributed by atoms with E-state index in [2.05, 4.69) is 5.32 Å². The van der Waals surface area contributed by atoms with Crippen molar-refractivity contribution in [1.29, 1.82) is 0 Å². The van der Waals surface area contributed by atoms with Gasteiger partial charge in [-0.3, -0.25) is 4.79 Å². The van der Waals surface area contributed by atoms with Crippen molar-refractivity contribution in [3.8, 4) is 5.75 Å². The molecule has 0 aliphatic heterocycles. The Balaban J connectivity index is 1.81. The molecular formula is C21H23NO4. The van der Waals surface area contributed by atoms with Crippen LogP contribution in [0, 0.1) is 0 Å². The number of fused-ring (bicyclic) bond motifs is 1. The van der Waals surface area contributed by atoms with Gasteiger partial charge >= 0.3 is 0 Å². The van der Waals surface area contributed by atoms with Gasteiger partial charge in [0.1, 0.15) is 11.5 Å². The first-order chi connectivity index (χ1) is 12.5. The summed E-state index contributed by atoms with van der Waals surface area (Å²) in [6.07, 6.45) is 1.88. The fourth-order valence-corrected chi connectivity index (χ4v) is 2.97. The lowest BCUT2D eigenvalue weighted by Crippen LogP contribution is -2.42. The Morgan fingerprint density at radius 3 is 2.73 bits per heavy atom. The number of benzene rings is 2. The molecular weight excluding hydrogens is 330 g/mol. The van der Waals surface area contributed by atoms with Gasteiger partial charge in [0, 0.05) is 13.0 Å². The van der Waals surface area contributed by atoms with Crippen molar-refractivity contribution in [2.75, 3.05) is 13.2 Å². The van der Waals surface area contributed by atoms with Gasteiger partial charge in [0.15, 0.2) is 0 Å². The molecule has 0 bridgehead atoms. The molecule has 0 fully saturated rings. The molecule has 0 saturated heterocycles. The number of carbonyl (C=O) groups excluding carboxylic acids is 1. The summed E-state index contributed by atoms with van der Waals surface area (Å²) >= 11 is 0. The van der Waals surface area contributed by atoms with E-state index in [1.165, 1.54) is 0 Å². The highest BCUT2D eigenvalue weighted by Gasteiger charge is 2.25. The van der Waals surface area contributed by atoms with E-state index in [0.717, 1.165) is 10.8 Å². The summed E-state index contributed by atoms with van der Waals surface area (Å²) < 4.78 is 10.9. The molecule has 0 aliphatic carbocycles. The fourth-order valence-electron chi connectivity index (χ4n) is 2.97. The van der Waals surface area contributed by atoms with Crippen LogP contribution in [0.25, 0.3) is 10.8 Å². The van der Waals surface area contributed by atoms with Crippen LogP contribution in [-0.4, -0.2) is 29.8 Å². The highest BCUT2D eigenvalue weighted by atomic mass is 16.5. The quantitative estimate of drug-likeness (QED) is 0.681. The largest absolute Gasteiger partial charge is 0.493 e. The predicted octanol–water partition coefficient (Wildman–Crippen LogP) is 3.56. The zero-order valence-corrected chi connectivity index (χ0v) is 15.0. The number of hydrogen-bond donors (Lipinski definition) is 2. The molecule has 0 unspecified atom stereocenters. The third kappa shape index (κ3) is 4.06. The number of carbonyl (C=O) groups is 1. The van der Waals surface area contributed by atoms with E-state index in [9.17, 15) is 9.90 Å². The highest BCUT2D eigenvalue weighted by molar-refractivity contribution is 6.09. The topological polar surface area (TPSA) is 71.7 Å². The van der Waals surface area contributed by atoms with Crippen LogP contribution in [0.15, 0.2) is 59.2 Å². The molecule has 3 aromatic rings. The Hall–Kier alpha value is -2.79. The molecule has 5 heteroatoms. The van der Waals surface area contributed by atoms with Gasteiger partial charge in [-0.25, -0.2) is 0 Å². The second kappa shape index (κ2) is 7.62. The second-order valence-corrected chi connectivity index (χ2v) is 6.53. The van der Waals surface area contributed by atoms with Gasteiger partial charge in [-0.1, -0.05) is 30.3 Å². The predicted molar refractivity (Wildman–Crippen MR) is 100 cm³/mol. The van der Waals surface area contributed by atoms with E-state index in [-0.39, 0.29) is 12.5 Å². The molecule has 1 heterocycles. The van der Waals surface area contributed by atoms with E-state index in [0.29, 0.717) is 30.1 Å². The van der Waals surface area contributed by atoms with Gasteiger partial charge in [-0.15, -0.1) is 0 Å². The molecule has 2 aromatic carbocycles. The second-order valence-electron chi connectivity index (χ2n) is 6.53. The minimum absolute atomic E-state index is 0.0985. The van der Waals surface area contributed by atoms with E-state index in [1.54, 1.807) is 25.3 Å². The average Bonchev–Trinajstić information content (AvgIpc) is 3.12. The van der Waals surface area contributed by atoms with Crippen LogP contribution < -0.4 is 10.1 Å². The van der Waals surface area contributed by atoms with Crippen LogP contribution in [0.4, 0.5) is 0 Å². The van der Waals surface area contributed by atoms with Crippen molar-refractivity contribution in [2.24, 2.45) is 0 Å². The third-order valence-electron chi connectivity index (χ3n) is 4.18. The van der Waals surface area contributed by atoms with Crippen molar-refractivity contribution in [2.45, 2.75) is 25.9 Å². The van der Waals surface area contributed by atoms with E-state index >= 15 is 0 Å². The molecule has 1 amide bonds. The average molecular weight is 353 g/mol. The maximum absolute atomic E-state index is 12.9. The Kier molecular flexibility index (Phi) is 5.28. The number of nitrogens with one attached hydrogen (secondary N) is 1. The first-order valence-electron chi connectivity index (χ1n) is 8.68. The van der Waals surface area contributed by atoms with Crippen molar-refractivity contribution >= 4 is 16.7 Å². The monoisotopic (exact) mass is 353 g/mol. The number of amides is 1. The summed E-state index contributed by atoms with van der Waals surface area (Å²) in [5.41, 5.74) is -0.636. The minimum Gasteiger partial charge on any atom is -0.493 e. The van der Waals surface area contributed by atoms with Gasteiger partial charge in [0.05, 0.1) is 24.0 Å². The molecule has 0 aliphatic rings. The zero-order chi connectivity index (χ0) is 18.6. The minimum atomic E-state index is -1.12. The maximum Gasteiger partial charge on any atom is 0.255 e. The van der Waals surface area contributed by atoms with Gasteiger partial charge in [-0.05, 0) is 42.8 Å². The number of rotatable bonds is 7. The van der Waals surface area contributed by atoms with Crippen molar-refractivity contribution in [3.05, 3.63) is 66.1 Å². The van der Waals surface area contributed by atoms with Crippen LogP contribution >= 0.6 is 0 Å². The smallest absolute Gasteiger partial charge is 0.255 e. The molecule has 0 saturated carbocycles. The van der Waals surface area contributed by atoms with Crippen LogP contribution in [0.1, 0.15) is 30.0 Å². The molecule has 136 valence electrons. The first-order valence-corrected chi connectivity index (χ1v) is 8.68. The van der Waals surface area contributed by atoms with Crippen LogP contribution in [0.5, 0.6) is 5.75 Å². The van der Waals surface area contributed by atoms with E-state index in [4.69, 9.17) is 9.15 Å². The molecule has 2 N–H and O–H groups in total.